The first-order valence-electron chi connectivity index (χ1n) is 7.10. The van der Waals surface area contributed by atoms with E-state index in [1.165, 1.54) is 11.8 Å². The molecule has 3 rings (SSSR count). The van der Waals surface area contributed by atoms with Crippen LogP contribution in [0.3, 0.4) is 0 Å². The zero-order chi connectivity index (χ0) is 16.4. The smallest absolute Gasteiger partial charge is 0.285 e. The summed E-state index contributed by atoms with van der Waals surface area (Å²) in [6.45, 7) is 1.93. The minimum atomic E-state index is -0.199. The van der Waals surface area contributed by atoms with Crippen LogP contribution in [0, 0.1) is 0 Å². The van der Waals surface area contributed by atoms with Crippen molar-refractivity contribution in [3.63, 3.8) is 0 Å². The second-order valence-electron chi connectivity index (χ2n) is 5.13. The van der Waals surface area contributed by atoms with Crippen molar-refractivity contribution in [2.24, 2.45) is 4.99 Å². The van der Waals surface area contributed by atoms with Gasteiger partial charge in [-0.3, -0.25) is 4.79 Å². The first-order valence-corrected chi connectivity index (χ1v) is 7.92. The highest BCUT2D eigenvalue weighted by atomic mass is 32.2. The van der Waals surface area contributed by atoms with Crippen LogP contribution in [-0.2, 0) is 4.79 Å². The molecule has 1 aliphatic rings. The quantitative estimate of drug-likeness (QED) is 0.690. The summed E-state index contributed by atoms with van der Waals surface area (Å²) < 4.78 is 5.16. The number of ether oxygens (including phenoxy) is 1. The van der Waals surface area contributed by atoms with Crippen LogP contribution in [0.15, 0.2) is 58.4 Å². The number of carbonyl (C=O) groups is 1. The topological polar surface area (TPSA) is 64.7 Å². The Labute approximate surface area is 139 Å². The monoisotopic (exact) mass is 324 g/mol. The second-order valence-corrected chi connectivity index (χ2v) is 6.13. The number of nitrogens with two attached hydrogens (primary N) is 1. The van der Waals surface area contributed by atoms with E-state index in [2.05, 4.69) is 4.99 Å². The molecule has 0 unspecified atom stereocenters. The Morgan fingerprint density at radius 1 is 1.09 bits per heavy atom. The molecule has 1 heterocycles. The Hall–Kier alpha value is -2.53. The van der Waals surface area contributed by atoms with Crippen molar-refractivity contribution < 1.29 is 9.53 Å². The lowest BCUT2D eigenvalue weighted by Crippen LogP contribution is -1.93. The van der Waals surface area contributed by atoms with Gasteiger partial charge in [0.05, 0.1) is 12.0 Å². The molecule has 23 heavy (non-hydrogen) atoms. The Morgan fingerprint density at radius 2 is 1.74 bits per heavy atom. The highest BCUT2D eigenvalue weighted by Crippen LogP contribution is 2.36. The van der Waals surface area contributed by atoms with Gasteiger partial charge in [0.2, 0.25) is 0 Å². The van der Waals surface area contributed by atoms with Crippen molar-refractivity contribution in [3.8, 4) is 5.75 Å². The molecule has 2 aromatic rings. The first kappa shape index (κ1) is 15.4. The maximum absolute atomic E-state index is 12.2. The number of nitrogen functional groups attached to an aromatic ring is 1. The van der Waals surface area contributed by atoms with Crippen molar-refractivity contribution in [2.75, 3.05) is 12.8 Å². The lowest BCUT2D eigenvalue weighted by atomic mass is 10.1. The largest absolute Gasteiger partial charge is 0.497 e. The first-order chi connectivity index (χ1) is 11.1. The number of hydrogen-bond donors (Lipinski definition) is 1. The fourth-order valence-corrected chi connectivity index (χ4v) is 3.24. The molecule has 0 bridgehead atoms. The number of nitrogens with zero attached hydrogens (tertiary/aromatic N) is 1. The zero-order valence-corrected chi connectivity index (χ0v) is 13.7. The predicted molar refractivity (Wildman–Crippen MR) is 95.6 cm³/mol. The molecule has 0 saturated carbocycles. The summed E-state index contributed by atoms with van der Waals surface area (Å²) in [6, 6.07) is 15.0. The molecule has 0 aliphatic carbocycles. The lowest BCUT2D eigenvalue weighted by molar-refractivity contribution is -0.113. The van der Waals surface area contributed by atoms with E-state index in [0.29, 0.717) is 15.6 Å². The van der Waals surface area contributed by atoms with Crippen LogP contribution in [-0.4, -0.2) is 18.1 Å². The standard InChI is InChI=1S/C18H16N2O2S/c1-11(12-5-9-15(22-2)10-6-12)16-17(21)20-18(23-16)13-3-7-14(19)8-4-13/h3-10H,19H2,1-2H3/b16-11-. The number of anilines is 1. The molecular formula is C18H16N2O2S. The number of thioether (sulfide) groups is 1. The molecule has 0 radical (unpaired) electrons. The normalized spacial score (nSPS) is 16.3. The van der Waals surface area contributed by atoms with E-state index < -0.39 is 0 Å². The second kappa shape index (κ2) is 6.30. The summed E-state index contributed by atoms with van der Waals surface area (Å²) in [7, 11) is 1.63. The summed E-state index contributed by atoms with van der Waals surface area (Å²) in [5.74, 6) is 0.589. The van der Waals surface area contributed by atoms with Crippen LogP contribution in [0.25, 0.3) is 5.57 Å². The Bertz CT molecular complexity index is 806. The Balaban J connectivity index is 1.89. The number of methoxy groups -OCH3 is 1. The van der Waals surface area contributed by atoms with Crippen LogP contribution < -0.4 is 10.5 Å². The van der Waals surface area contributed by atoms with Crippen molar-refractivity contribution in [1.82, 2.24) is 0 Å². The lowest BCUT2D eigenvalue weighted by Gasteiger charge is -2.06. The van der Waals surface area contributed by atoms with E-state index in [1.54, 1.807) is 19.2 Å². The third-order valence-electron chi connectivity index (χ3n) is 3.62. The van der Waals surface area contributed by atoms with Crippen molar-refractivity contribution in [2.45, 2.75) is 6.92 Å². The highest BCUT2D eigenvalue weighted by Gasteiger charge is 2.25. The SMILES string of the molecule is COc1ccc(/C(C)=C2\SC(c3ccc(N)cc3)=NC2=O)cc1. The van der Waals surface area contributed by atoms with Crippen LogP contribution >= 0.6 is 11.8 Å². The molecule has 0 spiro atoms. The van der Waals surface area contributed by atoms with E-state index in [0.717, 1.165) is 22.4 Å². The molecule has 1 aliphatic heterocycles. The van der Waals surface area contributed by atoms with E-state index >= 15 is 0 Å². The van der Waals surface area contributed by atoms with Gasteiger partial charge in [-0.15, -0.1) is 0 Å². The fourth-order valence-electron chi connectivity index (χ4n) is 2.26. The number of hydrogen-bond acceptors (Lipinski definition) is 4. The molecule has 4 nitrogen and oxygen atoms in total. The van der Waals surface area contributed by atoms with Gasteiger partial charge in [0, 0.05) is 11.3 Å². The third kappa shape index (κ3) is 3.14. The molecule has 5 heteroatoms. The maximum Gasteiger partial charge on any atom is 0.285 e. The van der Waals surface area contributed by atoms with Gasteiger partial charge in [0.1, 0.15) is 10.8 Å². The molecular weight excluding hydrogens is 308 g/mol. The number of aliphatic imine (C=N–C) groups is 1. The number of benzene rings is 2. The zero-order valence-electron chi connectivity index (χ0n) is 12.9. The molecule has 2 aromatic carbocycles. The van der Waals surface area contributed by atoms with E-state index in [9.17, 15) is 4.79 Å². The van der Waals surface area contributed by atoms with Gasteiger partial charge in [-0.25, -0.2) is 4.99 Å². The van der Waals surface area contributed by atoms with Crippen LogP contribution in [0.4, 0.5) is 5.69 Å². The van der Waals surface area contributed by atoms with Crippen LogP contribution in [0.1, 0.15) is 18.1 Å². The van der Waals surface area contributed by atoms with E-state index in [4.69, 9.17) is 10.5 Å². The van der Waals surface area contributed by atoms with Gasteiger partial charge < -0.3 is 10.5 Å². The van der Waals surface area contributed by atoms with E-state index in [1.807, 2.05) is 43.3 Å². The molecule has 2 N–H and O–H groups in total. The third-order valence-corrected chi connectivity index (χ3v) is 4.82. The molecule has 0 fully saturated rings. The molecule has 0 aromatic heterocycles. The molecule has 116 valence electrons. The van der Waals surface area contributed by atoms with Crippen molar-refractivity contribution in [1.29, 1.82) is 0 Å². The average molecular weight is 324 g/mol. The number of amides is 1. The van der Waals surface area contributed by atoms with Crippen LogP contribution in [0.2, 0.25) is 0 Å². The fraction of sp³-hybridized carbons (Fsp3) is 0.111. The summed E-state index contributed by atoms with van der Waals surface area (Å²) in [6.07, 6.45) is 0. The maximum atomic E-state index is 12.2. The van der Waals surface area contributed by atoms with Gasteiger partial charge in [0.25, 0.3) is 5.91 Å². The summed E-state index contributed by atoms with van der Waals surface area (Å²) in [5.41, 5.74) is 9.18. The number of carbonyl (C=O) groups excluding carboxylic acids is 1. The van der Waals surface area contributed by atoms with Gasteiger partial charge in [-0.2, -0.15) is 0 Å². The average Bonchev–Trinajstić information content (AvgIpc) is 2.96. The van der Waals surface area contributed by atoms with Gasteiger partial charge in [-0.05, 0) is 42.3 Å². The van der Waals surface area contributed by atoms with Crippen LogP contribution in [0.5, 0.6) is 5.75 Å². The molecule has 0 atom stereocenters. The summed E-state index contributed by atoms with van der Waals surface area (Å²) in [5, 5.41) is 0.706. The number of rotatable bonds is 3. The van der Waals surface area contributed by atoms with Gasteiger partial charge in [-0.1, -0.05) is 36.0 Å². The number of allylic oxidation sites excluding steroid dienone is 1. The highest BCUT2D eigenvalue weighted by molar-refractivity contribution is 8.19. The minimum Gasteiger partial charge on any atom is -0.497 e. The van der Waals surface area contributed by atoms with Gasteiger partial charge in [0.15, 0.2) is 0 Å². The summed E-state index contributed by atoms with van der Waals surface area (Å²) >= 11 is 1.40. The minimum absolute atomic E-state index is 0.199. The molecule has 0 saturated heterocycles. The summed E-state index contributed by atoms with van der Waals surface area (Å²) in [4.78, 5) is 17.1. The predicted octanol–water partition coefficient (Wildman–Crippen LogP) is 3.73. The van der Waals surface area contributed by atoms with Gasteiger partial charge >= 0.3 is 0 Å². The molecule has 1 amide bonds. The van der Waals surface area contributed by atoms with E-state index in [-0.39, 0.29) is 5.91 Å². The Kier molecular flexibility index (Phi) is 4.21. The van der Waals surface area contributed by atoms with Crippen molar-refractivity contribution >= 4 is 34.0 Å². The Morgan fingerprint density at radius 3 is 2.35 bits per heavy atom. The van der Waals surface area contributed by atoms with Crippen molar-refractivity contribution in [3.05, 3.63) is 64.6 Å².